The summed E-state index contributed by atoms with van der Waals surface area (Å²) >= 11 is 1.42. The first-order chi connectivity index (χ1) is 10.2. The summed E-state index contributed by atoms with van der Waals surface area (Å²) in [4.78, 5) is 21.4. The molecule has 2 aromatic heterocycles. The monoisotopic (exact) mass is 295 g/mol. The average Bonchev–Trinajstić information content (AvgIpc) is 2.95. The van der Waals surface area contributed by atoms with Crippen LogP contribution in [-0.2, 0) is 0 Å². The average molecular weight is 295 g/mol. The third-order valence-corrected chi connectivity index (χ3v) is 4.03. The highest BCUT2D eigenvalue weighted by molar-refractivity contribution is 7.12. The highest BCUT2D eigenvalue weighted by Crippen LogP contribution is 2.18. The molecule has 0 bridgehead atoms. The van der Waals surface area contributed by atoms with Crippen molar-refractivity contribution in [3.8, 4) is 11.4 Å². The van der Waals surface area contributed by atoms with E-state index < -0.39 is 0 Å². The highest BCUT2D eigenvalue weighted by atomic mass is 32.1. The van der Waals surface area contributed by atoms with Crippen molar-refractivity contribution in [2.24, 2.45) is 0 Å². The van der Waals surface area contributed by atoms with Crippen molar-refractivity contribution in [3.05, 3.63) is 64.6 Å². The third-order valence-electron chi connectivity index (χ3n) is 3.01. The van der Waals surface area contributed by atoms with Crippen molar-refractivity contribution in [1.29, 1.82) is 0 Å². The molecule has 0 aliphatic carbocycles. The van der Waals surface area contributed by atoms with Gasteiger partial charge < -0.3 is 5.32 Å². The normalized spacial score (nSPS) is 10.3. The van der Waals surface area contributed by atoms with E-state index in [4.69, 9.17) is 0 Å². The Kier molecular flexibility index (Phi) is 3.75. The molecule has 21 heavy (non-hydrogen) atoms. The number of aromatic nitrogens is 2. The summed E-state index contributed by atoms with van der Waals surface area (Å²) in [5.74, 6) is 0.513. The Labute approximate surface area is 126 Å². The molecule has 0 radical (unpaired) electrons. The first-order valence-corrected chi connectivity index (χ1v) is 7.35. The molecule has 0 unspecified atom stereocenters. The van der Waals surface area contributed by atoms with Crippen molar-refractivity contribution in [1.82, 2.24) is 9.97 Å². The molecular formula is C16H13N3OS. The number of nitrogens with zero attached hydrogens (tertiary/aromatic N) is 2. The maximum Gasteiger partial charge on any atom is 0.266 e. The number of rotatable bonds is 3. The number of aryl methyl sites for hydroxylation is 1. The molecule has 0 atom stereocenters. The number of carbonyl (C=O) groups excluding carboxylic acids is 1. The van der Waals surface area contributed by atoms with Gasteiger partial charge in [0.15, 0.2) is 5.82 Å². The molecule has 1 amide bonds. The second-order valence-corrected chi connectivity index (χ2v) is 5.46. The topological polar surface area (TPSA) is 54.9 Å². The van der Waals surface area contributed by atoms with Crippen LogP contribution >= 0.6 is 11.3 Å². The lowest BCUT2D eigenvalue weighted by Gasteiger charge is -2.05. The number of amides is 1. The lowest BCUT2D eigenvalue weighted by atomic mass is 10.2. The van der Waals surface area contributed by atoms with Crippen LogP contribution in [0.25, 0.3) is 11.4 Å². The van der Waals surface area contributed by atoms with E-state index in [1.165, 1.54) is 11.3 Å². The summed E-state index contributed by atoms with van der Waals surface area (Å²) in [6.07, 6.45) is 3.24. The standard InChI is InChI=1S/C16H13N3OS/c1-11-7-8-21-14(11)16(20)19-13-9-17-15(18-10-13)12-5-3-2-4-6-12/h2-10H,1H3,(H,19,20). The molecule has 1 N–H and O–H groups in total. The molecule has 3 aromatic rings. The first-order valence-electron chi connectivity index (χ1n) is 6.47. The summed E-state index contributed by atoms with van der Waals surface area (Å²) < 4.78 is 0. The third kappa shape index (κ3) is 2.98. The van der Waals surface area contributed by atoms with Gasteiger partial charge in [-0.1, -0.05) is 30.3 Å². The minimum Gasteiger partial charge on any atom is -0.319 e. The lowest BCUT2D eigenvalue weighted by molar-refractivity contribution is 0.103. The van der Waals surface area contributed by atoms with E-state index in [-0.39, 0.29) is 5.91 Å². The summed E-state index contributed by atoms with van der Waals surface area (Å²) in [6, 6.07) is 11.6. The van der Waals surface area contributed by atoms with Crippen molar-refractivity contribution >= 4 is 22.9 Å². The van der Waals surface area contributed by atoms with Crippen LogP contribution in [0.2, 0.25) is 0 Å². The molecule has 0 fully saturated rings. The summed E-state index contributed by atoms with van der Waals surface area (Å²) in [7, 11) is 0. The molecule has 104 valence electrons. The van der Waals surface area contributed by atoms with Crippen LogP contribution in [0.3, 0.4) is 0 Å². The van der Waals surface area contributed by atoms with Gasteiger partial charge in [-0.05, 0) is 23.9 Å². The molecule has 0 saturated heterocycles. The summed E-state index contributed by atoms with van der Waals surface area (Å²) in [5, 5.41) is 4.71. The zero-order valence-corrected chi connectivity index (χ0v) is 12.2. The van der Waals surface area contributed by atoms with Crippen LogP contribution in [0.4, 0.5) is 5.69 Å². The Balaban J connectivity index is 1.76. The molecule has 2 heterocycles. The van der Waals surface area contributed by atoms with Crippen molar-refractivity contribution in [3.63, 3.8) is 0 Å². The van der Waals surface area contributed by atoms with E-state index in [9.17, 15) is 4.79 Å². The molecule has 5 heteroatoms. The van der Waals surface area contributed by atoms with Crippen LogP contribution in [0, 0.1) is 6.92 Å². The van der Waals surface area contributed by atoms with Crippen LogP contribution in [0.5, 0.6) is 0 Å². The predicted molar refractivity (Wildman–Crippen MR) is 84.5 cm³/mol. The Morgan fingerprint density at radius 3 is 2.43 bits per heavy atom. The van der Waals surface area contributed by atoms with Gasteiger partial charge in [-0.3, -0.25) is 4.79 Å². The van der Waals surface area contributed by atoms with Gasteiger partial charge in [0.25, 0.3) is 5.91 Å². The molecule has 4 nitrogen and oxygen atoms in total. The van der Waals surface area contributed by atoms with Crippen LogP contribution in [0.15, 0.2) is 54.2 Å². The number of hydrogen-bond acceptors (Lipinski definition) is 4. The molecule has 1 aromatic carbocycles. The largest absolute Gasteiger partial charge is 0.319 e. The summed E-state index contributed by atoms with van der Waals surface area (Å²) in [6.45, 7) is 1.92. The van der Waals surface area contributed by atoms with Gasteiger partial charge in [0, 0.05) is 5.56 Å². The SMILES string of the molecule is Cc1ccsc1C(=O)Nc1cnc(-c2ccccc2)nc1. The number of benzene rings is 1. The van der Waals surface area contributed by atoms with Gasteiger partial charge in [0.05, 0.1) is 23.0 Å². The fourth-order valence-electron chi connectivity index (χ4n) is 1.92. The number of anilines is 1. The maximum atomic E-state index is 12.1. The van der Waals surface area contributed by atoms with E-state index in [1.54, 1.807) is 12.4 Å². The van der Waals surface area contributed by atoms with Gasteiger partial charge in [-0.15, -0.1) is 11.3 Å². The van der Waals surface area contributed by atoms with Crippen molar-refractivity contribution < 1.29 is 4.79 Å². The number of hydrogen-bond donors (Lipinski definition) is 1. The second kappa shape index (κ2) is 5.85. The molecule has 0 aliphatic rings. The van der Waals surface area contributed by atoms with E-state index in [0.29, 0.717) is 16.4 Å². The first kappa shape index (κ1) is 13.5. The smallest absolute Gasteiger partial charge is 0.266 e. The van der Waals surface area contributed by atoms with E-state index in [1.807, 2.05) is 48.7 Å². The molecule has 0 saturated carbocycles. The Bertz CT molecular complexity index is 751. The van der Waals surface area contributed by atoms with Gasteiger partial charge in [0.2, 0.25) is 0 Å². The predicted octanol–water partition coefficient (Wildman–Crippen LogP) is 3.77. The minimum absolute atomic E-state index is 0.126. The van der Waals surface area contributed by atoms with Gasteiger partial charge >= 0.3 is 0 Å². The van der Waals surface area contributed by atoms with Gasteiger partial charge in [-0.25, -0.2) is 9.97 Å². The minimum atomic E-state index is -0.126. The van der Waals surface area contributed by atoms with Crippen LogP contribution < -0.4 is 5.32 Å². The maximum absolute atomic E-state index is 12.1. The zero-order chi connectivity index (χ0) is 14.7. The second-order valence-electron chi connectivity index (χ2n) is 4.55. The molecule has 3 rings (SSSR count). The van der Waals surface area contributed by atoms with E-state index in [0.717, 1.165) is 11.1 Å². The van der Waals surface area contributed by atoms with Crippen molar-refractivity contribution in [2.75, 3.05) is 5.32 Å². The molecule has 0 aliphatic heterocycles. The van der Waals surface area contributed by atoms with E-state index in [2.05, 4.69) is 15.3 Å². The molecule has 0 spiro atoms. The highest BCUT2D eigenvalue weighted by Gasteiger charge is 2.11. The van der Waals surface area contributed by atoms with Gasteiger partial charge in [-0.2, -0.15) is 0 Å². The fraction of sp³-hybridized carbons (Fsp3) is 0.0625. The van der Waals surface area contributed by atoms with Crippen LogP contribution in [0.1, 0.15) is 15.2 Å². The quantitative estimate of drug-likeness (QED) is 0.800. The van der Waals surface area contributed by atoms with E-state index >= 15 is 0 Å². The number of thiophene rings is 1. The fourth-order valence-corrected chi connectivity index (χ4v) is 2.74. The number of nitrogens with one attached hydrogen (secondary N) is 1. The Morgan fingerprint density at radius 2 is 1.81 bits per heavy atom. The summed E-state index contributed by atoms with van der Waals surface area (Å²) in [5.41, 5.74) is 2.51. The Morgan fingerprint density at radius 1 is 1.10 bits per heavy atom. The molecular weight excluding hydrogens is 282 g/mol. The Hall–Kier alpha value is -2.53. The lowest BCUT2D eigenvalue weighted by Crippen LogP contribution is -2.11. The van der Waals surface area contributed by atoms with Gasteiger partial charge in [0.1, 0.15) is 0 Å². The van der Waals surface area contributed by atoms with Crippen LogP contribution in [-0.4, -0.2) is 15.9 Å². The number of carbonyl (C=O) groups is 1. The zero-order valence-electron chi connectivity index (χ0n) is 11.4. The van der Waals surface area contributed by atoms with Crippen molar-refractivity contribution in [2.45, 2.75) is 6.92 Å².